The van der Waals surface area contributed by atoms with Gasteiger partial charge in [0.15, 0.2) is 5.82 Å². The third kappa shape index (κ3) is 2.72. The van der Waals surface area contributed by atoms with Gasteiger partial charge in [0.1, 0.15) is 12.1 Å². The molecule has 0 spiro atoms. The molecule has 0 aromatic carbocycles. The highest BCUT2D eigenvalue weighted by atomic mass is 32.1. The molecule has 0 amide bonds. The molecule has 0 saturated carbocycles. The fourth-order valence-electron chi connectivity index (χ4n) is 2.23. The predicted molar refractivity (Wildman–Crippen MR) is 72.0 cm³/mol. The van der Waals surface area contributed by atoms with Gasteiger partial charge in [0.25, 0.3) is 0 Å². The third-order valence-corrected chi connectivity index (χ3v) is 4.13. The van der Waals surface area contributed by atoms with Crippen LogP contribution in [0.4, 0.5) is 0 Å². The largest absolute Gasteiger partial charge is 0.378 e. The van der Waals surface area contributed by atoms with E-state index in [9.17, 15) is 0 Å². The summed E-state index contributed by atoms with van der Waals surface area (Å²) in [5, 5.41) is 14.6. The quantitative estimate of drug-likeness (QED) is 0.859. The number of morpholine rings is 1. The summed E-state index contributed by atoms with van der Waals surface area (Å²) in [6.07, 6.45) is 0. The molecule has 7 heteroatoms. The van der Waals surface area contributed by atoms with Crippen molar-refractivity contribution in [3.05, 3.63) is 33.6 Å². The van der Waals surface area contributed by atoms with Gasteiger partial charge < -0.3 is 9.26 Å². The van der Waals surface area contributed by atoms with Gasteiger partial charge in [-0.3, -0.25) is 4.90 Å². The molecular formula is C13H14N4O2S. The zero-order valence-corrected chi connectivity index (χ0v) is 11.9. The molecule has 0 unspecified atom stereocenters. The molecular weight excluding hydrogens is 276 g/mol. The molecule has 3 rings (SSSR count). The Kier molecular flexibility index (Phi) is 3.78. The SMILES string of the molecule is Cc1noc([C@@H]2COCCN2Cc2cc(C#N)cs2)n1. The first-order valence-electron chi connectivity index (χ1n) is 6.36. The fraction of sp³-hybridized carbons (Fsp3) is 0.462. The lowest BCUT2D eigenvalue weighted by molar-refractivity contribution is -0.0236. The monoisotopic (exact) mass is 290 g/mol. The Labute approximate surface area is 120 Å². The van der Waals surface area contributed by atoms with E-state index in [1.54, 1.807) is 18.3 Å². The van der Waals surface area contributed by atoms with Gasteiger partial charge in [0.05, 0.1) is 18.8 Å². The highest BCUT2D eigenvalue weighted by Crippen LogP contribution is 2.26. The van der Waals surface area contributed by atoms with E-state index in [4.69, 9.17) is 14.5 Å². The average Bonchev–Trinajstić information content (AvgIpc) is 3.08. The summed E-state index contributed by atoms with van der Waals surface area (Å²) in [5.41, 5.74) is 0.712. The van der Waals surface area contributed by atoms with Crippen molar-refractivity contribution >= 4 is 11.3 Å². The average molecular weight is 290 g/mol. The number of nitriles is 1. The van der Waals surface area contributed by atoms with Crippen LogP contribution in [0.3, 0.4) is 0 Å². The van der Waals surface area contributed by atoms with E-state index < -0.39 is 0 Å². The Bertz CT molecular complexity index is 630. The van der Waals surface area contributed by atoms with Crippen molar-refractivity contribution in [1.29, 1.82) is 5.26 Å². The van der Waals surface area contributed by atoms with Gasteiger partial charge in [-0.2, -0.15) is 10.2 Å². The molecule has 2 aromatic heterocycles. The summed E-state index contributed by atoms with van der Waals surface area (Å²) in [7, 11) is 0. The van der Waals surface area contributed by atoms with Gasteiger partial charge in [-0.15, -0.1) is 11.3 Å². The first-order chi connectivity index (χ1) is 9.76. The van der Waals surface area contributed by atoms with E-state index in [-0.39, 0.29) is 6.04 Å². The van der Waals surface area contributed by atoms with Crippen LogP contribution in [0, 0.1) is 18.3 Å². The lowest BCUT2D eigenvalue weighted by atomic mass is 10.2. The van der Waals surface area contributed by atoms with Crippen LogP contribution in [-0.4, -0.2) is 34.8 Å². The molecule has 1 aliphatic rings. The summed E-state index contributed by atoms with van der Waals surface area (Å²) < 4.78 is 10.8. The van der Waals surface area contributed by atoms with Crippen molar-refractivity contribution in [3.8, 4) is 6.07 Å². The van der Waals surface area contributed by atoms with Crippen molar-refractivity contribution < 1.29 is 9.26 Å². The number of ether oxygens (including phenoxy) is 1. The fourth-order valence-corrected chi connectivity index (χ4v) is 3.06. The summed E-state index contributed by atoms with van der Waals surface area (Å²) in [6.45, 7) is 4.63. The molecule has 1 fully saturated rings. The molecule has 0 radical (unpaired) electrons. The first-order valence-corrected chi connectivity index (χ1v) is 7.24. The van der Waals surface area contributed by atoms with Gasteiger partial charge in [0.2, 0.25) is 5.89 Å². The maximum Gasteiger partial charge on any atom is 0.246 e. The Morgan fingerprint density at radius 2 is 2.50 bits per heavy atom. The van der Waals surface area contributed by atoms with Crippen molar-refractivity contribution in [1.82, 2.24) is 15.0 Å². The Hall–Kier alpha value is -1.75. The standard InChI is InChI=1S/C13H14N4O2S/c1-9-15-13(19-16-9)12-7-18-3-2-17(12)6-11-4-10(5-14)8-20-11/h4,8,12H,2-3,6-7H2,1H3/t12-/m0/s1. The minimum absolute atomic E-state index is 0.0161. The van der Waals surface area contributed by atoms with Crippen LogP contribution in [0.1, 0.15) is 28.2 Å². The zero-order valence-electron chi connectivity index (χ0n) is 11.1. The molecule has 0 bridgehead atoms. The lowest BCUT2D eigenvalue weighted by Crippen LogP contribution is -2.39. The molecule has 3 heterocycles. The first kappa shape index (κ1) is 13.2. The van der Waals surface area contributed by atoms with E-state index in [1.165, 1.54) is 0 Å². The molecule has 1 aliphatic heterocycles. The van der Waals surface area contributed by atoms with E-state index in [0.717, 1.165) is 18.0 Å². The Morgan fingerprint density at radius 1 is 1.60 bits per heavy atom. The van der Waals surface area contributed by atoms with E-state index in [0.29, 0.717) is 30.5 Å². The maximum absolute atomic E-state index is 8.88. The molecule has 0 N–H and O–H groups in total. The summed E-state index contributed by atoms with van der Waals surface area (Å²) >= 11 is 1.60. The van der Waals surface area contributed by atoms with Crippen LogP contribution < -0.4 is 0 Å². The van der Waals surface area contributed by atoms with Gasteiger partial charge in [-0.1, -0.05) is 5.16 Å². The number of aryl methyl sites for hydroxylation is 1. The summed E-state index contributed by atoms with van der Waals surface area (Å²) in [6, 6.07) is 4.07. The Morgan fingerprint density at radius 3 is 3.20 bits per heavy atom. The highest BCUT2D eigenvalue weighted by molar-refractivity contribution is 7.10. The predicted octanol–water partition coefficient (Wildman–Crippen LogP) is 1.88. The molecule has 2 aromatic rings. The number of hydrogen-bond donors (Lipinski definition) is 0. The minimum Gasteiger partial charge on any atom is -0.378 e. The number of nitrogens with zero attached hydrogens (tertiary/aromatic N) is 4. The molecule has 1 atom stereocenters. The molecule has 6 nitrogen and oxygen atoms in total. The smallest absolute Gasteiger partial charge is 0.246 e. The minimum atomic E-state index is -0.0161. The number of rotatable bonds is 3. The van der Waals surface area contributed by atoms with Crippen molar-refractivity contribution in [2.75, 3.05) is 19.8 Å². The number of aromatic nitrogens is 2. The van der Waals surface area contributed by atoms with Gasteiger partial charge >= 0.3 is 0 Å². The van der Waals surface area contributed by atoms with Crippen LogP contribution in [0.25, 0.3) is 0 Å². The maximum atomic E-state index is 8.88. The third-order valence-electron chi connectivity index (χ3n) is 3.21. The highest BCUT2D eigenvalue weighted by Gasteiger charge is 2.29. The van der Waals surface area contributed by atoms with Gasteiger partial charge in [0, 0.05) is 23.3 Å². The number of thiophene rings is 1. The molecule has 20 heavy (non-hydrogen) atoms. The number of hydrogen-bond acceptors (Lipinski definition) is 7. The topological polar surface area (TPSA) is 75.2 Å². The van der Waals surface area contributed by atoms with Crippen molar-refractivity contribution in [2.45, 2.75) is 19.5 Å². The normalized spacial score (nSPS) is 19.9. The second kappa shape index (κ2) is 5.71. The van der Waals surface area contributed by atoms with Crippen LogP contribution in [0.2, 0.25) is 0 Å². The van der Waals surface area contributed by atoms with Gasteiger partial charge in [-0.05, 0) is 13.0 Å². The molecule has 0 aliphatic carbocycles. The second-order valence-electron chi connectivity index (χ2n) is 4.65. The van der Waals surface area contributed by atoms with Crippen LogP contribution in [0.5, 0.6) is 0 Å². The summed E-state index contributed by atoms with van der Waals surface area (Å²) in [4.78, 5) is 7.71. The van der Waals surface area contributed by atoms with Crippen molar-refractivity contribution in [2.24, 2.45) is 0 Å². The summed E-state index contributed by atoms with van der Waals surface area (Å²) in [5.74, 6) is 1.23. The Balaban J connectivity index is 1.77. The molecule has 104 valence electrons. The van der Waals surface area contributed by atoms with Crippen LogP contribution in [-0.2, 0) is 11.3 Å². The van der Waals surface area contributed by atoms with E-state index >= 15 is 0 Å². The van der Waals surface area contributed by atoms with E-state index in [2.05, 4.69) is 21.1 Å². The lowest BCUT2D eigenvalue weighted by Gasteiger charge is -2.32. The van der Waals surface area contributed by atoms with Crippen molar-refractivity contribution in [3.63, 3.8) is 0 Å². The van der Waals surface area contributed by atoms with Crippen LogP contribution >= 0.6 is 11.3 Å². The van der Waals surface area contributed by atoms with E-state index in [1.807, 2.05) is 11.4 Å². The zero-order chi connectivity index (χ0) is 13.9. The molecule has 1 saturated heterocycles. The van der Waals surface area contributed by atoms with Gasteiger partial charge in [-0.25, -0.2) is 0 Å². The second-order valence-corrected chi connectivity index (χ2v) is 5.65. The van der Waals surface area contributed by atoms with Crippen LogP contribution in [0.15, 0.2) is 16.0 Å².